The molecule has 21 heavy (non-hydrogen) atoms. The molecule has 116 valence electrons. The van der Waals surface area contributed by atoms with E-state index in [-0.39, 0.29) is 5.82 Å². The monoisotopic (exact) mass is 354 g/mol. The molecule has 2 fully saturated rings. The van der Waals surface area contributed by atoms with Gasteiger partial charge in [-0.1, -0.05) is 29.8 Å². The Morgan fingerprint density at radius 1 is 1.38 bits per heavy atom. The zero-order valence-corrected chi connectivity index (χ0v) is 14.4. The van der Waals surface area contributed by atoms with E-state index in [0.717, 1.165) is 35.6 Å². The maximum absolute atomic E-state index is 14.1. The smallest absolute Gasteiger partial charge is 0.127 e. The first-order chi connectivity index (χ1) is 10.0. The molecule has 1 aliphatic carbocycles. The molecule has 1 saturated carbocycles. The Morgan fingerprint density at radius 2 is 2.14 bits per heavy atom. The SMILES string of the molecule is CC(C)C1CN(Cc2cc(Br)ccc2F)C(C2CC2)CN1. The van der Waals surface area contributed by atoms with E-state index >= 15 is 0 Å². The highest BCUT2D eigenvalue weighted by Gasteiger charge is 2.39. The molecule has 1 aromatic carbocycles. The average molecular weight is 355 g/mol. The van der Waals surface area contributed by atoms with E-state index in [9.17, 15) is 4.39 Å². The van der Waals surface area contributed by atoms with Crippen molar-refractivity contribution in [1.82, 2.24) is 10.2 Å². The van der Waals surface area contributed by atoms with Gasteiger partial charge in [-0.3, -0.25) is 4.90 Å². The molecule has 0 spiro atoms. The lowest BCUT2D eigenvalue weighted by atomic mass is 9.97. The summed E-state index contributed by atoms with van der Waals surface area (Å²) in [6.45, 7) is 7.30. The van der Waals surface area contributed by atoms with E-state index in [1.165, 1.54) is 12.8 Å². The molecular formula is C17H24BrFN2. The maximum Gasteiger partial charge on any atom is 0.127 e. The van der Waals surface area contributed by atoms with Crippen molar-refractivity contribution in [2.75, 3.05) is 13.1 Å². The molecule has 2 atom stereocenters. The van der Waals surface area contributed by atoms with Crippen molar-refractivity contribution < 1.29 is 4.39 Å². The Hall–Kier alpha value is -0.450. The first-order valence-corrected chi connectivity index (χ1v) is 8.75. The highest BCUT2D eigenvalue weighted by Crippen LogP contribution is 2.37. The lowest BCUT2D eigenvalue weighted by Crippen LogP contribution is -2.58. The Labute approximate surface area is 135 Å². The highest BCUT2D eigenvalue weighted by atomic mass is 79.9. The Bertz CT molecular complexity index is 502. The molecule has 0 radical (unpaired) electrons. The summed E-state index contributed by atoms with van der Waals surface area (Å²) in [5, 5.41) is 3.69. The van der Waals surface area contributed by atoms with Gasteiger partial charge in [-0.05, 0) is 42.9 Å². The van der Waals surface area contributed by atoms with Crippen molar-refractivity contribution in [3.8, 4) is 0 Å². The van der Waals surface area contributed by atoms with Crippen molar-refractivity contribution in [3.63, 3.8) is 0 Å². The third-order valence-electron chi connectivity index (χ3n) is 4.84. The summed E-state index contributed by atoms with van der Waals surface area (Å²) in [5.41, 5.74) is 0.805. The van der Waals surface area contributed by atoms with Crippen LogP contribution >= 0.6 is 15.9 Å². The van der Waals surface area contributed by atoms with E-state index in [2.05, 4.69) is 40.0 Å². The first kappa shape index (κ1) is 15.4. The number of nitrogens with zero attached hydrogens (tertiary/aromatic N) is 1. The number of benzene rings is 1. The summed E-state index contributed by atoms with van der Waals surface area (Å²) in [7, 11) is 0. The quantitative estimate of drug-likeness (QED) is 0.884. The molecule has 1 aromatic rings. The Kier molecular flexibility index (Phi) is 4.67. The first-order valence-electron chi connectivity index (χ1n) is 7.96. The van der Waals surface area contributed by atoms with Crippen molar-refractivity contribution in [2.45, 2.75) is 45.3 Å². The van der Waals surface area contributed by atoms with Gasteiger partial charge in [0.05, 0.1) is 0 Å². The molecule has 2 aliphatic rings. The molecular weight excluding hydrogens is 331 g/mol. The van der Waals surface area contributed by atoms with Crippen molar-refractivity contribution in [2.24, 2.45) is 11.8 Å². The summed E-state index contributed by atoms with van der Waals surface area (Å²) >= 11 is 3.46. The minimum Gasteiger partial charge on any atom is -0.311 e. The Morgan fingerprint density at radius 3 is 2.81 bits per heavy atom. The van der Waals surface area contributed by atoms with Crippen LogP contribution in [0.15, 0.2) is 22.7 Å². The van der Waals surface area contributed by atoms with Gasteiger partial charge < -0.3 is 5.32 Å². The summed E-state index contributed by atoms with van der Waals surface area (Å²) in [5.74, 6) is 1.33. The second kappa shape index (κ2) is 6.35. The summed E-state index contributed by atoms with van der Waals surface area (Å²) in [6.07, 6.45) is 2.66. The van der Waals surface area contributed by atoms with Gasteiger partial charge in [-0.15, -0.1) is 0 Å². The van der Waals surface area contributed by atoms with E-state index in [1.54, 1.807) is 12.1 Å². The number of hydrogen-bond acceptors (Lipinski definition) is 2. The molecule has 1 aliphatic heterocycles. The molecule has 4 heteroatoms. The van der Waals surface area contributed by atoms with Gasteiger partial charge in [0, 0.05) is 41.8 Å². The van der Waals surface area contributed by atoms with Gasteiger partial charge in [-0.25, -0.2) is 4.39 Å². The largest absolute Gasteiger partial charge is 0.311 e. The van der Waals surface area contributed by atoms with Crippen LogP contribution in [0.1, 0.15) is 32.3 Å². The number of nitrogens with one attached hydrogen (secondary N) is 1. The summed E-state index contributed by atoms with van der Waals surface area (Å²) in [6, 6.07) is 6.33. The fraction of sp³-hybridized carbons (Fsp3) is 0.647. The summed E-state index contributed by atoms with van der Waals surface area (Å²) in [4.78, 5) is 2.50. The van der Waals surface area contributed by atoms with Gasteiger partial charge in [0.1, 0.15) is 5.82 Å². The van der Waals surface area contributed by atoms with Crippen LogP contribution in [-0.2, 0) is 6.54 Å². The number of hydrogen-bond donors (Lipinski definition) is 1. The zero-order valence-electron chi connectivity index (χ0n) is 12.8. The molecule has 0 amide bonds. The van der Waals surface area contributed by atoms with Crippen LogP contribution in [0.5, 0.6) is 0 Å². The second-order valence-corrected chi connectivity index (χ2v) is 7.74. The lowest BCUT2D eigenvalue weighted by Gasteiger charge is -2.42. The van der Waals surface area contributed by atoms with E-state index in [0.29, 0.717) is 18.0 Å². The van der Waals surface area contributed by atoms with Gasteiger partial charge >= 0.3 is 0 Å². The van der Waals surface area contributed by atoms with Gasteiger partial charge in [0.25, 0.3) is 0 Å². The highest BCUT2D eigenvalue weighted by molar-refractivity contribution is 9.10. The van der Waals surface area contributed by atoms with Crippen LogP contribution in [-0.4, -0.2) is 30.1 Å². The topological polar surface area (TPSA) is 15.3 Å². The standard InChI is InChI=1S/C17H24BrFN2/c1-11(2)16-10-21(17(8-20-16)12-3-4-12)9-13-7-14(18)5-6-15(13)19/h5-7,11-12,16-17,20H,3-4,8-10H2,1-2H3. The molecule has 0 aromatic heterocycles. The lowest BCUT2D eigenvalue weighted by molar-refractivity contribution is 0.0915. The number of halogens is 2. The predicted molar refractivity (Wildman–Crippen MR) is 87.7 cm³/mol. The molecule has 1 heterocycles. The third-order valence-corrected chi connectivity index (χ3v) is 5.33. The van der Waals surface area contributed by atoms with Crippen LogP contribution in [0.25, 0.3) is 0 Å². The van der Waals surface area contributed by atoms with Crippen LogP contribution < -0.4 is 5.32 Å². The van der Waals surface area contributed by atoms with Crippen molar-refractivity contribution >= 4 is 15.9 Å². The number of rotatable bonds is 4. The molecule has 1 saturated heterocycles. The predicted octanol–water partition coefficient (Wildman–Crippen LogP) is 3.80. The Balaban J connectivity index is 1.76. The molecule has 2 nitrogen and oxygen atoms in total. The summed E-state index contributed by atoms with van der Waals surface area (Å²) < 4.78 is 15.0. The van der Waals surface area contributed by atoms with Crippen LogP contribution in [0.4, 0.5) is 4.39 Å². The van der Waals surface area contributed by atoms with Gasteiger partial charge in [0.2, 0.25) is 0 Å². The third kappa shape index (κ3) is 3.66. The second-order valence-electron chi connectivity index (χ2n) is 6.83. The number of piperazine rings is 1. The molecule has 1 N–H and O–H groups in total. The zero-order chi connectivity index (χ0) is 15.0. The van der Waals surface area contributed by atoms with Crippen LogP contribution in [0, 0.1) is 17.7 Å². The van der Waals surface area contributed by atoms with Crippen LogP contribution in [0.2, 0.25) is 0 Å². The maximum atomic E-state index is 14.1. The van der Waals surface area contributed by atoms with Gasteiger partial charge in [0.15, 0.2) is 0 Å². The molecule has 3 rings (SSSR count). The molecule has 2 unspecified atom stereocenters. The normalized spacial score (nSPS) is 27.3. The fourth-order valence-corrected chi connectivity index (χ4v) is 3.72. The van der Waals surface area contributed by atoms with E-state index < -0.39 is 0 Å². The van der Waals surface area contributed by atoms with E-state index in [4.69, 9.17) is 0 Å². The molecule has 0 bridgehead atoms. The van der Waals surface area contributed by atoms with Crippen molar-refractivity contribution in [3.05, 3.63) is 34.1 Å². The fourth-order valence-electron chi connectivity index (χ4n) is 3.31. The minimum atomic E-state index is -0.0904. The van der Waals surface area contributed by atoms with Crippen LogP contribution in [0.3, 0.4) is 0 Å². The van der Waals surface area contributed by atoms with E-state index in [1.807, 2.05) is 6.07 Å². The van der Waals surface area contributed by atoms with Crippen molar-refractivity contribution in [1.29, 1.82) is 0 Å². The van der Waals surface area contributed by atoms with Gasteiger partial charge in [-0.2, -0.15) is 0 Å². The minimum absolute atomic E-state index is 0.0904. The average Bonchev–Trinajstić information content (AvgIpc) is 3.27.